The van der Waals surface area contributed by atoms with E-state index in [1.54, 1.807) is 18.3 Å². The first-order valence-corrected chi connectivity index (χ1v) is 16.4. The molecule has 0 bridgehead atoms. The molecular weight excluding hydrogens is 595 g/mol. The fraction of sp³-hybridized carbons (Fsp3) is 0.514. The van der Waals surface area contributed by atoms with Crippen LogP contribution in [-0.4, -0.2) is 82.7 Å². The van der Waals surface area contributed by atoms with Crippen molar-refractivity contribution in [1.82, 2.24) is 19.9 Å². The number of anilines is 1. The number of hydrogen-bond acceptors (Lipinski definition) is 8. The first-order valence-electron chi connectivity index (χ1n) is 16.4. The molecule has 2 spiro atoms. The molecular formula is C35H38F3N5O3. The molecule has 4 saturated heterocycles. The lowest BCUT2D eigenvalue weighted by Crippen LogP contribution is -2.77. The lowest BCUT2D eigenvalue weighted by Gasteiger charge is -2.70. The van der Waals surface area contributed by atoms with Crippen LogP contribution in [0.3, 0.4) is 0 Å². The lowest BCUT2D eigenvalue weighted by atomic mass is 9.50. The number of benzene rings is 2. The molecule has 8 nitrogen and oxygen atoms in total. The van der Waals surface area contributed by atoms with Gasteiger partial charge in [-0.25, -0.2) is 13.2 Å². The third-order valence-electron chi connectivity index (χ3n) is 11.2. The molecule has 5 aliphatic rings. The minimum atomic E-state index is -0.671. The van der Waals surface area contributed by atoms with E-state index in [1.807, 2.05) is 6.92 Å². The van der Waals surface area contributed by atoms with Gasteiger partial charge in [0.05, 0.1) is 24.7 Å². The number of pyridine rings is 1. The zero-order valence-corrected chi connectivity index (χ0v) is 26.2. The highest BCUT2D eigenvalue weighted by atomic mass is 19.1. The summed E-state index contributed by atoms with van der Waals surface area (Å²) in [6, 6.07) is 6.57. The number of fused-ring (bicyclic) bond motifs is 4. The van der Waals surface area contributed by atoms with Crippen molar-refractivity contribution < 1.29 is 27.8 Å². The van der Waals surface area contributed by atoms with Gasteiger partial charge in [-0.3, -0.25) is 9.88 Å². The molecule has 6 heterocycles. The van der Waals surface area contributed by atoms with Crippen LogP contribution in [0.25, 0.3) is 32.9 Å². The van der Waals surface area contributed by atoms with Gasteiger partial charge in [0.1, 0.15) is 34.8 Å². The number of methoxy groups -OCH3 is 1. The molecule has 46 heavy (non-hydrogen) atoms. The Balaban J connectivity index is 0.000000297. The molecule has 5 fully saturated rings. The standard InChI is InChI=1S/C28H26F2N4O3.C7H12FN/c1-3-17-20(29)5-4-15-10-16(35)11-18(21(15)17)23-22(30)24-19(12-31-23)25(33-26(32-24)36-2)34-13-27(14-34)6-7-28(27)8-9-37-28;8-6-4-7-2-1-3-9(7)5-6/h4-5,10-12,35H,3,6-9,13-14H2,1-2H3;6-7H,1-5H2. The number of aryl methyl sites for hydroxylation is 1. The third-order valence-corrected chi connectivity index (χ3v) is 11.2. The van der Waals surface area contributed by atoms with E-state index < -0.39 is 12.0 Å². The molecule has 3 unspecified atom stereocenters. The summed E-state index contributed by atoms with van der Waals surface area (Å²) in [6.07, 6.45) is 8.07. The van der Waals surface area contributed by atoms with Gasteiger partial charge < -0.3 is 19.5 Å². The van der Waals surface area contributed by atoms with Gasteiger partial charge in [-0.15, -0.1) is 0 Å². The molecule has 1 saturated carbocycles. The second kappa shape index (κ2) is 10.9. The van der Waals surface area contributed by atoms with Crippen LogP contribution in [0.1, 0.15) is 51.0 Å². The Morgan fingerprint density at radius 2 is 1.96 bits per heavy atom. The maximum atomic E-state index is 16.2. The zero-order valence-electron chi connectivity index (χ0n) is 26.2. The number of halogens is 3. The largest absolute Gasteiger partial charge is 0.508 e. The number of aromatic nitrogens is 3. The van der Waals surface area contributed by atoms with E-state index in [4.69, 9.17) is 9.47 Å². The summed E-state index contributed by atoms with van der Waals surface area (Å²) in [5, 5.41) is 12.0. The normalized spacial score (nSPS) is 26.1. The second-order valence-electron chi connectivity index (χ2n) is 13.5. The maximum absolute atomic E-state index is 16.2. The number of alkyl halides is 1. The van der Waals surface area contributed by atoms with E-state index in [9.17, 15) is 13.9 Å². The quantitative estimate of drug-likeness (QED) is 0.279. The fourth-order valence-electron chi connectivity index (χ4n) is 8.60. The summed E-state index contributed by atoms with van der Waals surface area (Å²) in [7, 11) is 1.45. The van der Waals surface area contributed by atoms with Gasteiger partial charge >= 0.3 is 6.01 Å². The monoisotopic (exact) mass is 633 g/mol. The Labute approximate surface area is 265 Å². The molecule has 4 aromatic rings. The van der Waals surface area contributed by atoms with E-state index >= 15 is 4.39 Å². The van der Waals surface area contributed by atoms with Crippen LogP contribution in [0.2, 0.25) is 0 Å². The average Bonchev–Trinajstić information content (AvgIpc) is 3.56. The molecule has 2 aromatic carbocycles. The molecule has 3 atom stereocenters. The summed E-state index contributed by atoms with van der Waals surface area (Å²) >= 11 is 0. The molecule has 1 aliphatic carbocycles. The minimum Gasteiger partial charge on any atom is -0.508 e. The molecule has 11 heteroatoms. The SMILES string of the molecule is CCc1c(F)ccc2cc(O)cc(-c3ncc4c(N5CC6(CCC67CCO7)C5)nc(OC)nc4c3F)c12.FC1CC2CCCN2C1. The van der Waals surface area contributed by atoms with Crippen LogP contribution in [-0.2, 0) is 11.2 Å². The van der Waals surface area contributed by atoms with E-state index in [2.05, 4.69) is 24.8 Å². The molecule has 0 amide bonds. The fourth-order valence-corrected chi connectivity index (χ4v) is 8.60. The van der Waals surface area contributed by atoms with E-state index in [1.165, 1.54) is 32.1 Å². The zero-order chi connectivity index (χ0) is 31.8. The van der Waals surface area contributed by atoms with E-state index in [0.29, 0.717) is 52.1 Å². The number of ether oxygens (including phenoxy) is 2. The van der Waals surface area contributed by atoms with Crippen molar-refractivity contribution in [3.63, 3.8) is 0 Å². The number of aromatic hydroxyl groups is 1. The first kappa shape index (κ1) is 29.7. The summed E-state index contributed by atoms with van der Waals surface area (Å²) in [5.74, 6) is -0.537. The van der Waals surface area contributed by atoms with Gasteiger partial charge in [0.2, 0.25) is 0 Å². The maximum Gasteiger partial charge on any atom is 0.318 e. The van der Waals surface area contributed by atoms with Crippen LogP contribution in [0.5, 0.6) is 11.8 Å². The van der Waals surface area contributed by atoms with Gasteiger partial charge in [-0.1, -0.05) is 13.0 Å². The van der Waals surface area contributed by atoms with Crippen LogP contribution in [0.4, 0.5) is 19.0 Å². The predicted molar refractivity (Wildman–Crippen MR) is 169 cm³/mol. The van der Waals surface area contributed by atoms with Crippen molar-refractivity contribution in [3.8, 4) is 23.0 Å². The van der Waals surface area contributed by atoms with Gasteiger partial charge in [-0.2, -0.15) is 9.97 Å². The van der Waals surface area contributed by atoms with Crippen molar-refractivity contribution in [2.75, 3.05) is 44.8 Å². The number of phenolic OH excluding ortho intramolecular Hbond substituents is 1. The van der Waals surface area contributed by atoms with Crippen LogP contribution >= 0.6 is 0 Å². The number of nitrogens with zero attached hydrogens (tertiary/aromatic N) is 5. The molecule has 2 aromatic heterocycles. The molecule has 9 rings (SSSR count). The van der Waals surface area contributed by atoms with Crippen molar-refractivity contribution in [3.05, 3.63) is 47.7 Å². The highest BCUT2D eigenvalue weighted by Gasteiger charge is 2.68. The summed E-state index contributed by atoms with van der Waals surface area (Å²) in [4.78, 5) is 17.8. The van der Waals surface area contributed by atoms with Crippen LogP contribution < -0.4 is 9.64 Å². The average molecular weight is 634 g/mol. The number of hydrogen-bond donors (Lipinski definition) is 1. The Morgan fingerprint density at radius 3 is 2.63 bits per heavy atom. The minimum absolute atomic E-state index is 0.00425. The van der Waals surface area contributed by atoms with Gasteiger partial charge in [0.25, 0.3) is 0 Å². The molecule has 0 radical (unpaired) electrons. The highest BCUT2D eigenvalue weighted by Crippen LogP contribution is 2.63. The second-order valence-corrected chi connectivity index (χ2v) is 13.5. The highest BCUT2D eigenvalue weighted by molar-refractivity contribution is 6.01. The van der Waals surface area contributed by atoms with Gasteiger partial charge in [-0.05, 0) is 79.6 Å². The number of rotatable bonds is 4. The summed E-state index contributed by atoms with van der Waals surface area (Å²) in [5.41, 5.74) is 0.932. The Hall–Kier alpha value is -3.70. The number of phenols is 1. The van der Waals surface area contributed by atoms with Crippen molar-refractivity contribution in [1.29, 1.82) is 0 Å². The Kier molecular flexibility index (Phi) is 7.06. The topological polar surface area (TPSA) is 83.8 Å². The third kappa shape index (κ3) is 4.45. The van der Waals surface area contributed by atoms with Gasteiger partial charge in [0.15, 0.2) is 5.82 Å². The predicted octanol–water partition coefficient (Wildman–Crippen LogP) is 6.35. The molecule has 4 aliphatic heterocycles. The lowest BCUT2D eigenvalue weighted by molar-refractivity contribution is -0.284. The first-order chi connectivity index (χ1) is 22.2. The van der Waals surface area contributed by atoms with Crippen LogP contribution in [0.15, 0.2) is 30.5 Å². The smallest absolute Gasteiger partial charge is 0.318 e. The summed E-state index contributed by atoms with van der Waals surface area (Å²) in [6.45, 7) is 6.07. The summed E-state index contributed by atoms with van der Waals surface area (Å²) < 4.78 is 54.9. The van der Waals surface area contributed by atoms with Crippen molar-refractivity contribution in [2.24, 2.45) is 5.41 Å². The Morgan fingerprint density at radius 1 is 1.13 bits per heavy atom. The van der Waals surface area contributed by atoms with Crippen molar-refractivity contribution >= 4 is 27.5 Å². The molecule has 1 N–H and O–H groups in total. The molecule has 242 valence electrons. The van der Waals surface area contributed by atoms with Crippen LogP contribution in [0, 0.1) is 17.0 Å². The van der Waals surface area contributed by atoms with Gasteiger partial charge in [0, 0.05) is 49.3 Å². The van der Waals surface area contributed by atoms with E-state index in [0.717, 1.165) is 51.9 Å². The van der Waals surface area contributed by atoms with Crippen molar-refractivity contribution in [2.45, 2.75) is 69.7 Å². The van der Waals surface area contributed by atoms with E-state index in [-0.39, 0.29) is 39.8 Å². The Bertz CT molecular complexity index is 1830.